The van der Waals surface area contributed by atoms with Crippen molar-refractivity contribution in [3.8, 4) is 0 Å². The fourth-order valence-electron chi connectivity index (χ4n) is 0.594. The van der Waals surface area contributed by atoms with Crippen molar-refractivity contribution in [3.05, 3.63) is 37.5 Å². The van der Waals surface area contributed by atoms with E-state index in [2.05, 4.69) is 46.6 Å². The van der Waals surface area contributed by atoms with Gasteiger partial charge in [0.25, 0.3) is 0 Å². The Balaban J connectivity index is 0. The topological polar surface area (TPSA) is 0 Å². The Morgan fingerprint density at radius 3 is 1.80 bits per heavy atom. The lowest BCUT2D eigenvalue weighted by atomic mass is 10.1. The van der Waals surface area contributed by atoms with Crippen molar-refractivity contribution < 1.29 is 0 Å². The molecule has 0 aliphatic heterocycles. The van der Waals surface area contributed by atoms with Crippen LogP contribution in [-0.4, -0.2) is 0 Å². The van der Waals surface area contributed by atoms with E-state index in [1.54, 1.807) is 0 Å². The number of rotatable bonds is 2. The molecule has 0 aromatic carbocycles. The first kappa shape index (κ1) is 12.0. The molecule has 0 spiro atoms. The van der Waals surface area contributed by atoms with Gasteiger partial charge in [-0.3, -0.25) is 0 Å². The molecule has 0 nitrogen and oxygen atoms in total. The zero-order chi connectivity index (χ0) is 8.57. The molecular weight excluding hydrogens is 120 g/mol. The third-order valence-electron chi connectivity index (χ3n) is 0.918. The van der Waals surface area contributed by atoms with Gasteiger partial charge >= 0.3 is 0 Å². The lowest BCUT2D eigenvalue weighted by Crippen LogP contribution is -1.78. The SMILES string of the molecule is C=C.C=C/C(C)=C\C(C)C. The molecule has 0 heterocycles. The van der Waals surface area contributed by atoms with Gasteiger partial charge in [0.1, 0.15) is 0 Å². The lowest BCUT2D eigenvalue weighted by molar-refractivity contribution is 0.825. The fourth-order valence-corrected chi connectivity index (χ4v) is 0.594. The van der Waals surface area contributed by atoms with E-state index in [1.807, 2.05) is 6.08 Å². The van der Waals surface area contributed by atoms with Gasteiger partial charge in [-0.15, -0.1) is 13.2 Å². The zero-order valence-corrected chi connectivity index (χ0v) is 7.35. The molecule has 10 heavy (non-hydrogen) atoms. The van der Waals surface area contributed by atoms with Gasteiger partial charge in [0.05, 0.1) is 0 Å². The Kier molecular flexibility index (Phi) is 9.82. The molecule has 0 amide bonds. The van der Waals surface area contributed by atoms with Crippen LogP contribution in [0.3, 0.4) is 0 Å². The largest absolute Gasteiger partial charge is 0.106 e. The van der Waals surface area contributed by atoms with E-state index in [0.717, 1.165) is 0 Å². The minimum atomic E-state index is 0.646. The maximum atomic E-state index is 3.65. The highest BCUT2D eigenvalue weighted by atomic mass is 13.9. The Bertz CT molecular complexity index is 107. The summed E-state index contributed by atoms with van der Waals surface area (Å²) in [4.78, 5) is 0. The van der Waals surface area contributed by atoms with Crippen LogP contribution in [0.15, 0.2) is 37.5 Å². The van der Waals surface area contributed by atoms with Crippen LogP contribution in [0, 0.1) is 5.92 Å². The van der Waals surface area contributed by atoms with Crippen molar-refractivity contribution in [1.82, 2.24) is 0 Å². The average Bonchev–Trinajstić information content (AvgIpc) is 1.91. The van der Waals surface area contributed by atoms with Crippen LogP contribution in [0.1, 0.15) is 20.8 Å². The summed E-state index contributed by atoms with van der Waals surface area (Å²) in [7, 11) is 0. The molecule has 0 unspecified atom stereocenters. The highest BCUT2D eigenvalue weighted by Crippen LogP contribution is 2.00. The molecule has 0 aromatic rings. The minimum absolute atomic E-state index is 0.646. The van der Waals surface area contributed by atoms with Gasteiger partial charge in [-0.05, 0) is 12.8 Å². The van der Waals surface area contributed by atoms with Crippen molar-refractivity contribution in [2.24, 2.45) is 5.92 Å². The summed E-state index contributed by atoms with van der Waals surface area (Å²) < 4.78 is 0. The summed E-state index contributed by atoms with van der Waals surface area (Å²) in [5, 5.41) is 0. The van der Waals surface area contributed by atoms with Crippen LogP contribution >= 0.6 is 0 Å². The van der Waals surface area contributed by atoms with Gasteiger partial charge < -0.3 is 0 Å². The molecular formula is C10H18. The second kappa shape index (κ2) is 8.22. The fraction of sp³-hybridized carbons (Fsp3) is 0.400. The Hall–Kier alpha value is -0.780. The van der Waals surface area contributed by atoms with E-state index in [4.69, 9.17) is 0 Å². The van der Waals surface area contributed by atoms with Gasteiger partial charge in [-0.1, -0.05) is 38.2 Å². The van der Waals surface area contributed by atoms with Crippen LogP contribution in [0.2, 0.25) is 0 Å². The lowest BCUT2D eigenvalue weighted by Gasteiger charge is -1.94. The first-order valence-electron chi connectivity index (χ1n) is 3.47. The second-order valence-electron chi connectivity index (χ2n) is 2.36. The Morgan fingerprint density at radius 2 is 1.70 bits per heavy atom. The molecule has 58 valence electrons. The quantitative estimate of drug-likeness (QED) is 0.404. The van der Waals surface area contributed by atoms with Gasteiger partial charge in [-0.25, -0.2) is 0 Å². The average molecular weight is 138 g/mol. The summed E-state index contributed by atoms with van der Waals surface area (Å²) in [5.41, 5.74) is 1.26. The summed E-state index contributed by atoms with van der Waals surface area (Å²) >= 11 is 0. The summed E-state index contributed by atoms with van der Waals surface area (Å²) in [6.45, 7) is 16.0. The monoisotopic (exact) mass is 138 g/mol. The minimum Gasteiger partial charge on any atom is -0.106 e. The molecule has 0 fully saturated rings. The van der Waals surface area contributed by atoms with Gasteiger partial charge in [0.15, 0.2) is 0 Å². The van der Waals surface area contributed by atoms with Crippen molar-refractivity contribution in [2.75, 3.05) is 0 Å². The van der Waals surface area contributed by atoms with E-state index < -0.39 is 0 Å². The predicted molar refractivity (Wildman–Crippen MR) is 50.0 cm³/mol. The first-order chi connectivity index (χ1) is 4.66. The molecule has 0 atom stereocenters. The van der Waals surface area contributed by atoms with Crippen LogP contribution < -0.4 is 0 Å². The van der Waals surface area contributed by atoms with Crippen LogP contribution in [0.25, 0.3) is 0 Å². The van der Waals surface area contributed by atoms with E-state index in [0.29, 0.717) is 5.92 Å². The Labute approximate surface area is 65.0 Å². The smallest absolute Gasteiger partial charge is 0.0285 e. The molecule has 0 bridgehead atoms. The molecule has 0 heteroatoms. The predicted octanol–water partition coefficient (Wildman–Crippen LogP) is 3.58. The molecule has 0 rings (SSSR count). The third-order valence-corrected chi connectivity index (χ3v) is 0.918. The molecule has 0 aromatic heterocycles. The molecule has 0 radical (unpaired) electrons. The van der Waals surface area contributed by atoms with Crippen molar-refractivity contribution in [3.63, 3.8) is 0 Å². The van der Waals surface area contributed by atoms with Gasteiger partial charge in [0, 0.05) is 0 Å². The van der Waals surface area contributed by atoms with E-state index in [-0.39, 0.29) is 0 Å². The molecule has 0 N–H and O–H groups in total. The standard InChI is InChI=1S/C8H14.C2H4/c1-5-8(4)6-7(2)3;1-2/h5-7H,1H2,2-4H3;1-2H2/b8-6-;. The van der Waals surface area contributed by atoms with E-state index >= 15 is 0 Å². The number of allylic oxidation sites excluding steroid dienone is 3. The van der Waals surface area contributed by atoms with Crippen LogP contribution in [-0.2, 0) is 0 Å². The maximum absolute atomic E-state index is 3.65. The van der Waals surface area contributed by atoms with Crippen molar-refractivity contribution >= 4 is 0 Å². The molecule has 0 saturated carbocycles. The van der Waals surface area contributed by atoms with Crippen LogP contribution in [0.4, 0.5) is 0 Å². The van der Waals surface area contributed by atoms with Crippen LogP contribution in [0.5, 0.6) is 0 Å². The maximum Gasteiger partial charge on any atom is -0.0285 e. The Morgan fingerprint density at radius 1 is 1.30 bits per heavy atom. The first-order valence-corrected chi connectivity index (χ1v) is 3.47. The highest BCUT2D eigenvalue weighted by Gasteiger charge is 1.84. The van der Waals surface area contributed by atoms with Gasteiger partial charge in [-0.2, -0.15) is 0 Å². The normalized spacial score (nSPS) is 10.2. The van der Waals surface area contributed by atoms with E-state index in [1.165, 1.54) is 5.57 Å². The summed E-state index contributed by atoms with van der Waals surface area (Å²) in [6.07, 6.45) is 4.06. The van der Waals surface area contributed by atoms with Crippen molar-refractivity contribution in [1.29, 1.82) is 0 Å². The number of hydrogen-bond donors (Lipinski definition) is 0. The molecule has 0 aliphatic rings. The number of hydrogen-bond acceptors (Lipinski definition) is 0. The summed E-state index contributed by atoms with van der Waals surface area (Å²) in [5.74, 6) is 0.646. The zero-order valence-electron chi connectivity index (χ0n) is 7.35. The second-order valence-corrected chi connectivity index (χ2v) is 2.36. The molecule has 0 aliphatic carbocycles. The third kappa shape index (κ3) is 10.3. The van der Waals surface area contributed by atoms with E-state index in [9.17, 15) is 0 Å². The van der Waals surface area contributed by atoms with Gasteiger partial charge in [0.2, 0.25) is 0 Å². The van der Waals surface area contributed by atoms with Crippen molar-refractivity contribution in [2.45, 2.75) is 20.8 Å². The summed E-state index contributed by atoms with van der Waals surface area (Å²) in [6, 6.07) is 0. The molecule has 0 saturated heterocycles. The highest BCUT2D eigenvalue weighted by molar-refractivity contribution is 5.13.